The molecule has 1 fully saturated rings. The molecule has 1 saturated carbocycles. The average Bonchev–Trinajstić information content (AvgIpc) is 2.32. The second-order valence-electron chi connectivity index (χ2n) is 4.69. The molecule has 0 aromatic rings. The fraction of sp³-hybridized carbons (Fsp3) is 0.846. The highest BCUT2D eigenvalue weighted by molar-refractivity contribution is 7.99. The van der Waals surface area contributed by atoms with Crippen LogP contribution in [0.2, 0.25) is 0 Å². The molecule has 0 N–H and O–H groups in total. The van der Waals surface area contributed by atoms with Crippen LogP contribution in [0.5, 0.6) is 0 Å². The molecule has 0 spiro atoms. The minimum absolute atomic E-state index is 0.0912. The van der Waals surface area contributed by atoms with Crippen molar-refractivity contribution >= 4 is 17.7 Å². The van der Waals surface area contributed by atoms with Crippen LogP contribution in [0.3, 0.4) is 0 Å². The maximum Gasteiger partial charge on any atom is 0.316 e. The fourth-order valence-electron chi connectivity index (χ4n) is 1.98. The molecule has 0 saturated heterocycles. The van der Waals surface area contributed by atoms with Gasteiger partial charge in [0.1, 0.15) is 6.10 Å². The van der Waals surface area contributed by atoms with Crippen molar-refractivity contribution in [3.63, 3.8) is 0 Å². The van der Waals surface area contributed by atoms with Crippen molar-refractivity contribution in [1.29, 1.82) is 5.26 Å². The number of unbranched alkanes of at least 4 members (excludes halogenated alkanes) is 1. The van der Waals surface area contributed by atoms with E-state index in [0.717, 1.165) is 30.9 Å². The van der Waals surface area contributed by atoms with E-state index in [1.165, 1.54) is 12.8 Å². The summed E-state index contributed by atoms with van der Waals surface area (Å²) in [7, 11) is 0. The number of hydrogen-bond donors (Lipinski definition) is 0. The molecular formula is C13H21NO2S. The summed E-state index contributed by atoms with van der Waals surface area (Å²) in [6.45, 7) is 2.25. The van der Waals surface area contributed by atoms with Gasteiger partial charge in [-0.3, -0.25) is 4.79 Å². The van der Waals surface area contributed by atoms with Crippen molar-refractivity contribution in [2.75, 3.05) is 11.5 Å². The molecule has 0 amide bonds. The number of carbonyl (C=O) groups excluding carboxylic acids is 1. The molecule has 1 aliphatic rings. The van der Waals surface area contributed by atoms with Gasteiger partial charge in [-0.1, -0.05) is 6.92 Å². The van der Waals surface area contributed by atoms with Gasteiger partial charge in [0, 0.05) is 6.42 Å². The molecule has 0 bridgehead atoms. The maximum atomic E-state index is 11.5. The number of carbonyl (C=O) groups is 1. The van der Waals surface area contributed by atoms with Gasteiger partial charge < -0.3 is 4.74 Å². The summed E-state index contributed by atoms with van der Waals surface area (Å²) in [6.07, 6.45) is 5.97. The molecule has 1 rings (SSSR count). The Labute approximate surface area is 108 Å². The largest absolute Gasteiger partial charge is 0.462 e. The topological polar surface area (TPSA) is 50.1 Å². The zero-order valence-corrected chi connectivity index (χ0v) is 11.3. The first kappa shape index (κ1) is 14.4. The second-order valence-corrected chi connectivity index (χ2v) is 5.79. The minimum atomic E-state index is -0.0912. The standard InChI is InChI=1S/C13H21NO2S/c1-11-4-6-12(7-5-11)16-13(15)10-17-9-3-2-8-14/h11-12H,2-7,9-10H2,1H3. The Morgan fingerprint density at radius 1 is 1.41 bits per heavy atom. The lowest BCUT2D eigenvalue weighted by Gasteiger charge is -2.25. The van der Waals surface area contributed by atoms with E-state index >= 15 is 0 Å². The Hall–Kier alpha value is -0.690. The lowest BCUT2D eigenvalue weighted by molar-refractivity contribution is -0.147. The summed E-state index contributed by atoms with van der Waals surface area (Å²) in [5.74, 6) is 1.98. The Morgan fingerprint density at radius 3 is 2.76 bits per heavy atom. The molecule has 0 aliphatic heterocycles. The molecule has 3 nitrogen and oxygen atoms in total. The molecule has 0 atom stereocenters. The molecule has 0 radical (unpaired) electrons. The van der Waals surface area contributed by atoms with Crippen LogP contribution < -0.4 is 0 Å². The molecule has 0 heterocycles. The molecular weight excluding hydrogens is 234 g/mol. The number of thioether (sulfide) groups is 1. The van der Waals surface area contributed by atoms with Crippen molar-refractivity contribution in [3.8, 4) is 6.07 Å². The Kier molecular flexibility index (Phi) is 7.11. The zero-order valence-electron chi connectivity index (χ0n) is 10.5. The van der Waals surface area contributed by atoms with Gasteiger partial charge in [0.15, 0.2) is 0 Å². The van der Waals surface area contributed by atoms with Crippen molar-refractivity contribution < 1.29 is 9.53 Å². The summed E-state index contributed by atoms with van der Waals surface area (Å²) in [6, 6.07) is 2.10. The van der Waals surface area contributed by atoms with Crippen LogP contribution in [-0.4, -0.2) is 23.6 Å². The molecule has 1 aliphatic carbocycles. The second kappa shape index (κ2) is 8.41. The molecule has 0 aromatic carbocycles. The van der Waals surface area contributed by atoms with E-state index in [0.29, 0.717) is 12.2 Å². The first-order valence-corrected chi connectivity index (χ1v) is 7.52. The van der Waals surface area contributed by atoms with Gasteiger partial charge in [0.25, 0.3) is 0 Å². The summed E-state index contributed by atoms with van der Waals surface area (Å²) in [5.41, 5.74) is 0. The lowest BCUT2D eigenvalue weighted by atomic mass is 9.89. The van der Waals surface area contributed by atoms with Crippen LogP contribution in [0.4, 0.5) is 0 Å². The van der Waals surface area contributed by atoms with Crippen LogP contribution in [0.1, 0.15) is 45.4 Å². The number of nitriles is 1. The highest BCUT2D eigenvalue weighted by Gasteiger charge is 2.21. The molecule has 0 unspecified atom stereocenters. The normalized spacial score (nSPS) is 24.0. The van der Waals surface area contributed by atoms with E-state index in [1.54, 1.807) is 11.8 Å². The zero-order chi connectivity index (χ0) is 12.5. The van der Waals surface area contributed by atoms with Gasteiger partial charge in [-0.05, 0) is 43.8 Å². The number of esters is 1. The highest BCUT2D eigenvalue weighted by Crippen LogP contribution is 2.25. The fourth-order valence-corrected chi connectivity index (χ4v) is 2.70. The van der Waals surface area contributed by atoms with Crippen molar-refractivity contribution in [1.82, 2.24) is 0 Å². The summed E-state index contributed by atoms with van der Waals surface area (Å²) in [5, 5.41) is 8.36. The predicted octanol–water partition coefficient (Wildman–Crippen LogP) is 3.15. The number of nitrogens with zero attached hydrogens (tertiary/aromatic N) is 1. The van der Waals surface area contributed by atoms with Crippen LogP contribution in [0, 0.1) is 17.2 Å². The van der Waals surface area contributed by atoms with Gasteiger partial charge in [0.2, 0.25) is 0 Å². The lowest BCUT2D eigenvalue weighted by Crippen LogP contribution is -2.24. The molecule has 17 heavy (non-hydrogen) atoms. The summed E-state index contributed by atoms with van der Waals surface area (Å²) >= 11 is 1.56. The first-order valence-electron chi connectivity index (χ1n) is 6.36. The third-order valence-electron chi connectivity index (χ3n) is 3.06. The Balaban J connectivity index is 2.03. The van der Waals surface area contributed by atoms with E-state index in [9.17, 15) is 4.79 Å². The minimum Gasteiger partial charge on any atom is -0.462 e. The monoisotopic (exact) mass is 255 g/mol. The van der Waals surface area contributed by atoms with Crippen molar-refractivity contribution in [3.05, 3.63) is 0 Å². The van der Waals surface area contributed by atoms with Gasteiger partial charge in [0.05, 0.1) is 11.8 Å². The Morgan fingerprint density at radius 2 is 2.12 bits per heavy atom. The van der Waals surface area contributed by atoms with Gasteiger partial charge in [-0.15, -0.1) is 0 Å². The molecule has 96 valence electrons. The van der Waals surface area contributed by atoms with Gasteiger partial charge in [-0.2, -0.15) is 17.0 Å². The smallest absolute Gasteiger partial charge is 0.316 e. The third-order valence-corrected chi connectivity index (χ3v) is 4.08. The third kappa shape index (κ3) is 6.58. The molecule has 0 aromatic heterocycles. The summed E-state index contributed by atoms with van der Waals surface area (Å²) < 4.78 is 5.42. The van der Waals surface area contributed by atoms with Crippen LogP contribution in [0.25, 0.3) is 0 Å². The van der Waals surface area contributed by atoms with Crippen molar-refractivity contribution in [2.45, 2.75) is 51.6 Å². The number of rotatable bonds is 6. The van der Waals surface area contributed by atoms with Crippen molar-refractivity contribution in [2.24, 2.45) is 5.92 Å². The quantitative estimate of drug-likeness (QED) is 0.540. The molecule has 4 heteroatoms. The maximum absolute atomic E-state index is 11.5. The number of hydrogen-bond acceptors (Lipinski definition) is 4. The number of ether oxygens (including phenoxy) is 1. The van der Waals surface area contributed by atoms with E-state index in [4.69, 9.17) is 10.00 Å². The highest BCUT2D eigenvalue weighted by atomic mass is 32.2. The van der Waals surface area contributed by atoms with Gasteiger partial charge in [-0.25, -0.2) is 0 Å². The SMILES string of the molecule is CC1CCC(OC(=O)CSCCCC#N)CC1. The van der Waals surface area contributed by atoms with E-state index in [2.05, 4.69) is 13.0 Å². The average molecular weight is 255 g/mol. The van der Waals surface area contributed by atoms with Gasteiger partial charge >= 0.3 is 5.97 Å². The summed E-state index contributed by atoms with van der Waals surface area (Å²) in [4.78, 5) is 11.5. The predicted molar refractivity (Wildman–Crippen MR) is 69.7 cm³/mol. The van der Waals surface area contributed by atoms with E-state index in [-0.39, 0.29) is 12.1 Å². The Bertz CT molecular complexity index is 267. The van der Waals surface area contributed by atoms with Crippen LogP contribution in [-0.2, 0) is 9.53 Å². The first-order chi connectivity index (χ1) is 8.22. The van der Waals surface area contributed by atoms with E-state index in [1.807, 2.05) is 0 Å². The van der Waals surface area contributed by atoms with Crippen LogP contribution >= 0.6 is 11.8 Å². The van der Waals surface area contributed by atoms with Crippen LogP contribution in [0.15, 0.2) is 0 Å². The van der Waals surface area contributed by atoms with E-state index < -0.39 is 0 Å².